The third-order valence-electron chi connectivity index (χ3n) is 3.35. The SMILES string of the molecule is CCNC(Cc1cc(C)nc(C(C)C)n1)C(C)(C)C. The molecule has 1 rings (SSSR count). The molecule has 3 nitrogen and oxygen atoms in total. The van der Waals surface area contributed by atoms with Crippen LogP contribution in [0.1, 0.15) is 64.7 Å². The van der Waals surface area contributed by atoms with Crippen molar-refractivity contribution in [3.63, 3.8) is 0 Å². The molecule has 19 heavy (non-hydrogen) atoms. The molecule has 0 aliphatic heterocycles. The summed E-state index contributed by atoms with van der Waals surface area (Å²) >= 11 is 0. The van der Waals surface area contributed by atoms with E-state index in [0.29, 0.717) is 12.0 Å². The fourth-order valence-corrected chi connectivity index (χ4v) is 2.16. The maximum absolute atomic E-state index is 4.72. The molecule has 1 aromatic rings. The van der Waals surface area contributed by atoms with Gasteiger partial charge in [0.2, 0.25) is 0 Å². The van der Waals surface area contributed by atoms with Crippen LogP contribution in [0.2, 0.25) is 0 Å². The second-order valence-electron chi connectivity index (χ2n) is 6.69. The third-order valence-corrected chi connectivity index (χ3v) is 3.35. The first-order valence-corrected chi connectivity index (χ1v) is 7.31. The molecule has 1 heterocycles. The van der Waals surface area contributed by atoms with Gasteiger partial charge in [0.05, 0.1) is 0 Å². The van der Waals surface area contributed by atoms with Crippen molar-refractivity contribution in [2.24, 2.45) is 5.41 Å². The molecule has 0 aliphatic rings. The predicted molar refractivity (Wildman–Crippen MR) is 81.5 cm³/mol. The van der Waals surface area contributed by atoms with Crippen molar-refractivity contribution >= 4 is 0 Å². The Balaban J connectivity index is 2.96. The van der Waals surface area contributed by atoms with E-state index < -0.39 is 0 Å². The van der Waals surface area contributed by atoms with Gasteiger partial charge in [0, 0.05) is 29.8 Å². The Morgan fingerprint density at radius 1 is 1.21 bits per heavy atom. The van der Waals surface area contributed by atoms with Crippen molar-refractivity contribution in [2.75, 3.05) is 6.54 Å². The van der Waals surface area contributed by atoms with Gasteiger partial charge in [-0.3, -0.25) is 0 Å². The molecule has 0 radical (unpaired) electrons. The van der Waals surface area contributed by atoms with Crippen LogP contribution in [0.5, 0.6) is 0 Å². The van der Waals surface area contributed by atoms with Crippen LogP contribution in [0.15, 0.2) is 6.07 Å². The lowest BCUT2D eigenvalue weighted by Crippen LogP contribution is -2.42. The van der Waals surface area contributed by atoms with Crippen molar-refractivity contribution in [1.29, 1.82) is 0 Å². The average Bonchev–Trinajstić information content (AvgIpc) is 2.26. The van der Waals surface area contributed by atoms with Crippen LogP contribution < -0.4 is 5.32 Å². The smallest absolute Gasteiger partial charge is 0.131 e. The van der Waals surface area contributed by atoms with Gasteiger partial charge in [-0.1, -0.05) is 41.5 Å². The highest BCUT2D eigenvalue weighted by Crippen LogP contribution is 2.22. The van der Waals surface area contributed by atoms with Crippen LogP contribution >= 0.6 is 0 Å². The number of likely N-dealkylation sites (N-methyl/N-ethyl adjacent to an activating group) is 1. The van der Waals surface area contributed by atoms with Crippen LogP contribution in [-0.2, 0) is 6.42 Å². The van der Waals surface area contributed by atoms with Crippen molar-refractivity contribution in [1.82, 2.24) is 15.3 Å². The molecule has 0 fully saturated rings. The summed E-state index contributed by atoms with van der Waals surface area (Å²) in [4.78, 5) is 9.23. The minimum absolute atomic E-state index is 0.229. The number of hydrogen-bond acceptors (Lipinski definition) is 3. The predicted octanol–water partition coefficient (Wildman–Crippen LogP) is 3.48. The molecule has 0 bridgehead atoms. The molecule has 1 N–H and O–H groups in total. The van der Waals surface area contributed by atoms with E-state index in [1.807, 2.05) is 0 Å². The number of rotatable bonds is 5. The van der Waals surface area contributed by atoms with Gasteiger partial charge in [-0.2, -0.15) is 0 Å². The third kappa shape index (κ3) is 4.90. The van der Waals surface area contributed by atoms with Gasteiger partial charge in [-0.05, 0) is 24.9 Å². The minimum Gasteiger partial charge on any atom is -0.313 e. The number of nitrogens with zero attached hydrogens (tertiary/aromatic N) is 2. The summed E-state index contributed by atoms with van der Waals surface area (Å²) in [6, 6.07) is 2.55. The highest BCUT2D eigenvalue weighted by atomic mass is 14.9. The molecule has 1 atom stereocenters. The van der Waals surface area contributed by atoms with E-state index in [2.05, 4.69) is 64.8 Å². The van der Waals surface area contributed by atoms with E-state index in [1.165, 1.54) is 0 Å². The van der Waals surface area contributed by atoms with E-state index in [1.54, 1.807) is 0 Å². The van der Waals surface area contributed by atoms with Gasteiger partial charge in [0.1, 0.15) is 5.82 Å². The standard InChI is InChI=1S/C16H29N3/c1-8-17-14(16(5,6)7)10-13-9-12(4)18-15(19-13)11(2)3/h9,11,14,17H,8,10H2,1-7H3. The normalized spacial score (nSPS) is 13.9. The monoisotopic (exact) mass is 263 g/mol. The molecule has 0 saturated carbocycles. The maximum atomic E-state index is 4.72. The first-order valence-electron chi connectivity index (χ1n) is 7.31. The van der Waals surface area contributed by atoms with Gasteiger partial charge in [0.25, 0.3) is 0 Å². The molecular formula is C16H29N3. The summed E-state index contributed by atoms with van der Waals surface area (Å²) in [7, 11) is 0. The Morgan fingerprint density at radius 3 is 2.32 bits per heavy atom. The molecule has 1 unspecified atom stereocenters. The zero-order valence-corrected chi connectivity index (χ0v) is 13.5. The quantitative estimate of drug-likeness (QED) is 0.884. The lowest BCUT2D eigenvalue weighted by atomic mass is 9.84. The number of hydrogen-bond donors (Lipinski definition) is 1. The summed E-state index contributed by atoms with van der Waals surface area (Å²) in [6.45, 7) is 16.3. The summed E-state index contributed by atoms with van der Waals surface area (Å²) in [5.74, 6) is 1.34. The van der Waals surface area contributed by atoms with E-state index in [0.717, 1.165) is 30.2 Å². The summed E-state index contributed by atoms with van der Waals surface area (Å²) in [5.41, 5.74) is 2.45. The first kappa shape index (κ1) is 16.1. The van der Waals surface area contributed by atoms with Gasteiger partial charge >= 0.3 is 0 Å². The first-order chi connectivity index (χ1) is 8.74. The van der Waals surface area contributed by atoms with Crippen LogP contribution in [0.3, 0.4) is 0 Å². The van der Waals surface area contributed by atoms with Crippen LogP contribution in [0.4, 0.5) is 0 Å². The Bertz CT molecular complexity index is 405. The molecule has 3 heteroatoms. The lowest BCUT2D eigenvalue weighted by molar-refractivity contribution is 0.268. The molecule has 0 aliphatic carbocycles. The zero-order chi connectivity index (χ0) is 14.6. The molecule has 0 spiro atoms. The Hall–Kier alpha value is -0.960. The Kier molecular flexibility index (Phi) is 5.48. The lowest BCUT2D eigenvalue weighted by Gasteiger charge is -2.31. The molecule has 1 aromatic heterocycles. The van der Waals surface area contributed by atoms with Gasteiger partial charge < -0.3 is 5.32 Å². The fraction of sp³-hybridized carbons (Fsp3) is 0.750. The van der Waals surface area contributed by atoms with Crippen molar-refractivity contribution < 1.29 is 0 Å². The highest BCUT2D eigenvalue weighted by molar-refractivity contribution is 5.13. The van der Waals surface area contributed by atoms with Crippen molar-refractivity contribution in [2.45, 2.75) is 66.8 Å². The van der Waals surface area contributed by atoms with E-state index in [9.17, 15) is 0 Å². The Labute approximate surface area is 118 Å². The van der Waals surface area contributed by atoms with Gasteiger partial charge in [0.15, 0.2) is 0 Å². The number of aryl methyl sites for hydroxylation is 1. The van der Waals surface area contributed by atoms with Crippen molar-refractivity contribution in [3.05, 3.63) is 23.3 Å². The molecule has 0 aromatic carbocycles. The topological polar surface area (TPSA) is 37.8 Å². The van der Waals surface area contributed by atoms with Gasteiger partial charge in [-0.25, -0.2) is 9.97 Å². The molecule has 0 amide bonds. The van der Waals surface area contributed by atoms with E-state index >= 15 is 0 Å². The van der Waals surface area contributed by atoms with E-state index in [-0.39, 0.29) is 5.41 Å². The van der Waals surface area contributed by atoms with E-state index in [4.69, 9.17) is 4.98 Å². The largest absolute Gasteiger partial charge is 0.313 e. The highest BCUT2D eigenvalue weighted by Gasteiger charge is 2.24. The summed E-state index contributed by atoms with van der Waals surface area (Å²) in [5, 5.41) is 3.58. The van der Waals surface area contributed by atoms with Crippen LogP contribution in [-0.4, -0.2) is 22.6 Å². The van der Waals surface area contributed by atoms with Gasteiger partial charge in [-0.15, -0.1) is 0 Å². The second kappa shape index (κ2) is 6.47. The fourth-order valence-electron chi connectivity index (χ4n) is 2.16. The van der Waals surface area contributed by atoms with Crippen molar-refractivity contribution in [3.8, 4) is 0 Å². The van der Waals surface area contributed by atoms with Crippen LogP contribution in [0.25, 0.3) is 0 Å². The molecular weight excluding hydrogens is 234 g/mol. The molecule has 0 saturated heterocycles. The zero-order valence-electron chi connectivity index (χ0n) is 13.5. The molecule has 108 valence electrons. The number of aromatic nitrogens is 2. The maximum Gasteiger partial charge on any atom is 0.131 e. The number of nitrogens with one attached hydrogen (secondary N) is 1. The average molecular weight is 263 g/mol. The minimum atomic E-state index is 0.229. The summed E-state index contributed by atoms with van der Waals surface area (Å²) in [6.07, 6.45) is 0.959. The van der Waals surface area contributed by atoms with Crippen LogP contribution in [0, 0.1) is 12.3 Å². The Morgan fingerprint density at radius 2 is 1.84 bits per heavy atom. The summed E-state index contributed by atoms with van der Waals surface area (Å²) < 4.78 is 0. The second-order valence-corrected chi connectivity index (χ2v) is 6.69.